The van der Waals surface area contributed by atoms with Crippen LogP contribution in [0.5, 0.6) is 5.75 Å². The summed E-state index contributed by atoms with van der Waals surface area (Å²) >= 11 is 0. The molecule has 0 aliphatic rings. The molecule has 4 rings (SSSR count). The van der Waals surface area contributed by atoms with Crippen LogP contribution >= 0.6 is 0 Å². The van der Waals surface area contributed by atoms with Crippen molar-refractivity contribution in [2.45, 2.75) is 36.5 Å². The molecule has 3 aromatic carbocycles. The summed E-state index contributed by atoms with van der Waals surface area (Å²) in [6.45, 7) is 5.34. The number of ether oxygens (including phenoxy) is 1. The molecular weight excluding hydrogens is 487 g/mol. The van der Waals surface area contributed by atoms with Crippen molar-refractivity contribution in [3.63, 3.8) is 0 Å². The molecular formula is C26H27FN2O4S2. The molecule has 0 fully saturated rings. The Hall–Kier alpha value is -3.01. The van der Waals surface area contributed by atoms with Crippen LogP contribution in [0.1, 0.15) is 38.1 Å². The molecule has 4 aromatic rings. The molecule has 0 aliphatic heterocycles. The average molecular weight is 515 g/mol. The van der Waals surface area contributed by atoms with Crippen LogP contribution in [-0.2, 0) is 21.0 Å². The molecule has 0 amide bonds. The van der Waals surface area contributed by atoms with E-state index in [-0.39, 0.29) is 21.9 Å². The lowest BCUT2D eigenvalue weighted by Crippen LogP contribution is -2.37. The number of nitrogens with zero attached hydrogens (tertiary/aromatic N) is 1. The molecule has 0 bridgehead atoms. The summed E-state index contributed by atoms with van der Waals surface area (Å²) in [4.78, 5) is 0.0822. The normalized spacial score (nSPS) is 14.1. The van der Waals surface area contributed by atoms with Gasteiger partial charge in [0.2, 0.25) is 0 Å². The molecule has 0 radical (unpaired) electrons. The lowest BCUT2D eigenvalue weighted by molar-refractivity contribution is 0.400. The minimum absolute atomic E-state index is 0.0694. The third-order valence-electron chi connectivity index (χ3n) is 5.57. The van der Waals surface area contributed by atoms with Crippen molar-refractivity contribution in [3.8, 4) is 5.75 Å². The zero-order valence-electron chi connectivity index (χ0n) is 19.9. The Labute approximate surface area is 207 Å². The van der Waals surface area contributed by atoms with E-state index in [1.165, 1.54) is 35.3 Å². The van der Waals surface area contributed by atoms with Crippen LogP contribution in [0.15, 0.2) is 83.8 Å². The zero-order valence-corrected chi connectivity index (χ0v) is 21.5. The number of rotatable bonds is 7. The van der Waals surface area contributed by atoms with Crippen molar-refractivity contribution in [1.82, 2.24) is 8.69 Å². The zero-order chi connectivity index (χ0) is 25.4. The number of aromatic nitrogens is 1. The van der Waals surface area contributed by atoms with Crippen LogP contribution in [0.2, 0.25) is 0 Å². The number of nitrogens with one attached hydrogen (secondary N) is 1. The van der Waals surface area contributed by atoms with Crippen molar-refractivity contribution >= 4 is 31.9 Å². The maximum absolute atomic E-state index is 15.3. The summed E-state index contributed by atoms with van der Waals surface area (Å²) in [7, 11) is -4.35. The highest BCUT2D eigenvalue weighted by Crippen LogP contribution is 2.37. The maximum Gasteiger partial charge on any atom is 0.268 e. The smallest absolute Gasteiger partial charge is 0.268 e. The average Bonchev–Trinajstić information content (AvgIpc) is 3.22. The van der Waals surface area contributed by atoms with Gasteiger partial charge in [-0.25, -0.2) is 25.7 Å². The van der Waals surface area contributed by atoms with Gasteiger partial charge in [0.05, 0.1) is 50.6 Å². The summed E-state index contributed by atoms with van der Waals surface area (Å²) in [5, 5.41) is 0.644. The minimum Gasteiger partial charge on any atom is -0.496 e. The van der Waals surface area contributed by atoms with Gasteiger partial charge in [0.1, 0.15) is 11.6 Å². The largest absolute Gasteiger partial charge is 0.496 e. The molecule has 1 heterocycles. The van der Waals surface area contributed by atoms with Crippen LogP contribution in [0.3, 0.4) is 0 Å². The topological polar surface area (TPSA) is 77.4 Å². The van der Waals surface area contributed by atoms with E-state index in [1.54, 1.807) is 75.4 Å². The fourth-order valence-corrected chi connectivity index (χ4v) is 6.22. The van der Waals surface area contributed by atoms with E-state index in [1.807, 2.05) is 0 Å². The van der Waals surface area contributed by atoms with Gasteiger partial charge in [-0.2, -0.15) is 0 Å². The molecule has 2 atom stereocenters. The maximum atomic E-state index is 15.3. The van der Waals surface area contributed by atoms with Crippen molar-refractivity contribution in [2.24, 2.45) is 0 Å². The summed E-state index contributed by atoms with van der Waals surface area (Å²) in [6, 6.07) is 20.0. The molecule has 1 aromatic heterocycles. The minimum atomic E-state index is -4.10. The van der Waals surface area contributed by atoms with Crippen LogP contribution < -0.4 is 9.46 Å². The second-order valence-electron chi connectivity index (χ2n) is 9.00. The van der Waals surface area contributed by atoms with Crippen LogP contribution in [-0.4, -0.2) is 28.5 Å². The number of para-hydroxylation sites is 1. The Kier molecular flexibility index (Phi) is 6.86. The molecule has 35 heavy (non-hydrogen) atoms. The number of hydrogen-bond acceptors (Lipinski definition) is 4. The molecule has 0 aliphatic carbocycles. The molecule has 1 N–H and O–H groups in total. The predicted octanol–water partition coefficient (Wildman–Crippen LogP) is 5.17. The summed E-state index contributed by atoms with van der Waals surface area (Å²) < 4.78 is 65.4. The van der Waals surface area contributed by atoms with Gasteiger partial charge in [0.15, 0.2) is 0 Å². The molecule has 0 saturated heterocycles. The summed E-state index contributed by atoms with van der Waals surface area (Å²) in [5.41, 5.74) is 0.714. The summed E-state index contributed by atoms with van der Waals surface area (Å²) in [6.07, 6.45) is 0. The van der Waals surface area contributed by atoms with E-state index in [2.05, 4.69) is 4.72 Å². The van der Waals surface area contributed by atoms with Gasteiger partial charge in [0, 0.05) is 5.39 Å². The Morgan fingerprint density at radius 1 is 0.971 bits per heavy atom. The van der Waals surface area contributed by atoms with Gasteiger partial charge in [-0.05, 0) is 57.2 Å². The van der Waals surface area contributed by atoms with Gasteiger partial charge in [-0.15, -0.1) is 0 Å². The Morgan fingerprint density at radius 3 is 2.29 bits per heavy atom. The molecule has 6 nitrogen and oxygen atoms in total. The van der Waals surface area contributed by atoms with E-state index >= 15 is 4.39 Å². The number of halogens is 1. The number of fused-ring (bicyclic) bond motifs is 1. The van der Waals surface area contributed by atoms with E-state index in [9.17, 15) is 12.6 Å². The van der Waals surface area contributed by atoms with Gasteiger partial charge in [-0.3, -0.25) is 0 Å². The second kappa shape index (κ2) is 9.56. The highest BCUT2D eigenvalue weighted by molar-refractivity contribution is 7.90. The Balaban J connectivity index is 2.07. The third kappa shape index (κ3) is 4.76. The quantitative estimate of drug-likeness (QED) is 0.369. The Morgan fingerprint density at radius 2 is 1.63 bits per heavy atom. The van der Waals surface area contributed by atoms with E-state index in [4.69, 9.17) is 4.74 Å². The first-order valence-corrected chi connectivity index (χ1v) is 13.6. The van der Waals surface area contributed by atoms with Crippen LogP contribution in [0, 0.1) is 5.82 Å². The fraction of sp³-hybridized carbons (Fsp3) is 0.231. The third-order valence-corrected chi connectivity index (χ3v) is 8.89. The SMILES string of the molecule is COc1cccc(F)c1[C@@H](NS(=O)C(C)(C)C)c1cc2ccccc2n1S(=O)(=O)c1ccccc1. The van der Waals surface area contributed by atoms with Gasteiger partial charge in [-0.1, -0.05) is 42.5 Å². The highest BCUT2D eigenvalue weighted by Gasteiger charge is 2.34. The van der Waals surface area contributed by atoms with E-state index < -0.39 is 37.6 Å². The lowest BCUT2D eigenvalue weighted by Gasteiger charge is -2.27. The Bertz CT molecular complexity index is 1490. The number of benzene rings is 3. The highest BCUT2D eigenvalue weighted by atomic mass is 32.2. The van der Waals surface area contributed by atoms with Gasteiger partial charge in [0.25, 0.3) is 10.0 Å². The molecule has 0 saturated carbocycles. The first-order chi connectivity index (χ1) is 16.6. The molecule has 1 unspecified atom stereocenters. The van der Waals surface area contributed by atoms with Gasteiger partial charge < -0.3 is 4.74 Å². The fourth-order valence-electron chi connectivity index (χ4n) is 3.84. The van der Waals surface area contributed by atoms with Crippen molar-refractivity contribution in [2.75, 3.05) is 7.11 Å². The van der Waals surface area contributed by atoms with Gasteiger partial charge >= 0.3 is 0 Å². The molecule has 184 valence electrons. The van der Waals surface area contributed by atoms with E-state index in [0.29, 0.717) is 10.9 Å². The van der Waals surface area contributed by atoms with Crippen molar-refractivity contribution < 1.29 is 21.8 Å². The van der Waals surface area contributed by atoms with Crippen molar-refractivity contribution in [3.05, 3.63) is 95.9 Å². The molecule has 9 heteroatoms. The standard InChI is InChI=1S/C26H27FN2O4S2/c1-26(2,3)34(30)28-25(24-20(27)14-10-16-23(24)33-4)22-17-18-11-8-9-15-21(18)29(22)35(31,32)19-12-6-5-7-13-19/h5-17,25,28H,1-4H3/t25-,34?/m0/s1. The van der Waals surface area contributed by atoms with Crippen LogP contribution in [0.4, 0.5) is 4.39 Å². The first kappa shape index (κ1) is 25.1. The van der Waals surface area contributed by atoms with Crippen molar-refractivity contribution in [1.29, 1.82) is 0 Å². The monoisotopic (exact) mass is 514 g/mol. The van der Waals surface area contributed by atoms with E-state index in [0.717, 1.165) is 0 Å². The van der Waals surface area contributed by atoms with Crippen LogP contribution in [0.25, 0.3) is 10.9 Å². The number of methoxy groups -OCH3 is 1. The second-order valence-corrected chi connectivity index (χ2v) is 12.8. The predicted molar refractivity (Wildman–Crippen MR) is 137 cm³/mol. The summed E-state index contributed by atoms with van der Waals surface area (Å²) in [5.74, 6) is -0.399. The first-order valence-electron chi connectivity index (χ1n) is 11.0. The number of hydrogen-bond donors (Lipinski definition) is 1. The molecule has 0 spiro atoms. The lowest BCUT2D eigenvalue weighted by atomic mass is 10.0.